The molecule has 0 aliphatic carbocycles. The van der Waals surface area contributed by atoms with E-state index in [9.17, 15) is 19.5 Å². The minimum absolute atomic E-state index is 0.0864. The van der Waals surface area contributed by atoms with Crippen molar-refractivity contribution in [1.29, 1.82) is 0 Å². The number of hydrogen-bond donors (Lipinski definition) is 3. The molecule has 0 unspecified atom stereocenters. The second-order valence-electron chi connectivity index (χ2n) is 4.91. The van der Waals surface area contributed by atoms with E-state index in [0.717, 1.165) is 0 Å². The number of aromatic hydroxyl groups is 1. The number of amides is 2. The summed E-state index contributed by atoms with van der Waals surface area (Å²) in [5.41, 5.74) is 4.91. The number of esters is 1. The number of phenols is 1. The summed E-state index contributed by atoms with van der Waals surface area (Å²) in [5.74, 6) is -2.03. The maximum atomic E-state index is 11.9. The zero-order valence-electron chi connectivity index (χ0n) is 12.9. The first kappa shape index (κ1) is 17.0. The second-order valence-corrected chi connectivity index (χ2v) is 4.91. The molecular weight excluding hydrogens is 312 g/mol. The SMILES string of the molecule is C[C@H](OC(=O)c1cccc(O)c1)C(=O)NNC(=O)c1ccccc1. The predicted octanol–water partition coefficient (Wildman–Crippen LogP) is 1.40. The van der Waals surface area contributed by atoms with E-state index in [2.05, 4.69) is 10.9 Å². The van der Waals surface area contributed by atoms with Crippen LogP contribution in [-0.4, -0.2) is 29.0 Å². The van der Waals surface area contributed by atoms with Gasteiger partial charge in [-0.2, -0.15) is 0 Å². The molecule has 124 valence electrons. The lowest BCUT2D eigenvalue weighted by atomic mass is 10.2. The van der Waals surface area contributed by atoms with E-state index in [1.807, 2.05) is 0 Å². The summed E-state index contributed by atoms with van der Waals surface area (Å²) < 4.78 is 4.98. The van der Waals surface area contributed by atoms with Crippen LogP contribution in [0.3, 0.4) is 0 Å². The van der Waals surface area contributed by atoms with Crippen LogP contribution in [0.5, 0.6) is 5.75 Å². The standard InChI is InChI=1S/C17H16N2O5/c1-11(24-17(23)13-8-5-9-14(20)10-13)15(21)18-19-16(22)12-6-3-2-4-7-12/h2-11,20H,1H3,(H,18,21)(H,19,22)/t11-/m0/s1. The minimum atomic E-state index is -1.13. The lowest BCUT2D eigenvalue weighted by Crippen LogP contribution is -2.46. The molecule has 0 heterocycles. The van der Waals surface area contributed by atoms with Gasteiger partial charge in [-0.15, -0.1) is 0 Å². The zero-order chi connectivity index (χ0) is 17.5. The number of ether oxygens (including phenoxy) is 1. The maximum absolute atomic E-state index is 11.9. The highest BCUT2D eigenvalue weighted by Crippen LogP contribution is 2.12. The Bertz CT molecular complexity index is 746. The van der Waals surface area contributed by atoms with Crippen molar-refractivity contribution >= 4 is 17.8 Å². The van der Waals surface area contributed by atoms with Gasteiger partial charge in [0.05, 0.1) is 5.56 Å². The van der Waals surface area contributed by atoms with Gasteiger partial charge >= 0.3 is 5.97 Å². The lowest BCUT2D eigenvalue weighted by molar-refractivity contribution is -0.129. The van der Waals surface area contributed by atoms with Crippen molar-refractivity contribution in [3.63, 3.8) is 0 Å². The highest BCUT2D eigenvalue weighted by Gasteiger charge is 2.19. The van der Waals surface area contributed by atoms with Crippen LogP contribution in [-0.2, 0) is 9.53 Å². The summed E-state index contributed by atoms with van der Waals surface area (Å²) in [4.78, 5) is 35.5. The van der Waals surface area contributed by atoms with Crippen LogP contribution in [0.4, 0.5) is 0 Å². The molecule has 2 aromatic carbocycles. The van der Waals surface area contributed by atoms with Crippen molar-refractivity contribution in [3.8, 4) is 5.75 Å². The highest BCUT2D eigenvalue weighted by atomic mass is 16.5. The average molecular weight is 328 g/mol. The first-order valence-electron chi connectivity index (χ1n) is 7.12. The van der Waals surface area contributed by atoms with Gasteiger partial charge in [-0.3, -0.25) is 20.4 Å². The quantitative estimate of drug-likeness (QED) is 0.581. The van der Waals surface area contributed by atoms with E-state index >= 15 is 0 Å². The molecule has 24 heavy (non-hydrogen) atoms. The van der Waals surface area contributed by atoms with Gasteiger partial charge < -0.3 is 9.84 Å². The third-order valence-electron chi connectivity index (χ3n) is 3.07. The van der Waals surface area contributed by atoms with Crippen LogP contribution in [0, 0.1) is 0 Å². The fourth-order valence-corrected chi connectivity index (χ4v) is 1.80. The molecule has 0 fully saturated rings. The van der Waals surface area contributed by atoms with Gasteiger partial charge in [0.15, 0.2) is 6.10 Å². The molecule has 0 bridgehead atoms. The molecule has 0 saturated carbocycles. The second kappa shape index (κ2) is 7.77. The molecule has 0 aromatic heterocycles. The molecule has 0 spiro atoms. The van der Waals surface area contributed by atoms with E-state index in [-0.39, 0.29) is 11.3 Å². The molecule has 0 radical (unpaired) electrons. The van der Waals surface area contributed by atoms with Crippen LogP contribution in [0.15, 0.2) is 54.6 Å². The molecule has 0 saturated heterocycles. The van der Waals surface area contributed by atoms with Crippen molar-refractivity contribution in [2.24, 2.45) is 0 Å². The summed E-state index contributed by atoms with van der Waals surface area (Å²) in [6.45, 7) is 1.37. The van der Waals surface area contributed by atoms with Crippen LogP contribution in [0.1, 0.15) is 27.6 Å². The number of hydrazine groups is 1. The van der Waals surface area contributed by atoms with Crippen molar-refractivity contribution in [3.05, 3.63) is 65.7 Å². The number of phenolic OH excluding ortho intramolecular Hbond substituents is 1. The largest absolute Gasteiger partial charge is 0.508 e. The molecule has 3 N–H and O–H groups in total. The van der Waals surface area contributed by atoms with E-state index in [4.69, 9.17) is 4.74 Å². The summed E-state index contributed by atoms with van der Waals surface area (Å²) in [6.07, 6.45) is -1.13. The first-order chi connectivity index (χ1) is 11.5. The van der Waals surface area contributed by atoms with E-state index < -0.39 is 23.9 Å². The molecule has 0 aliphatic rings. The Hall–Kier alpha value is -3.35. The highest BCUT2D eigenvalue weighted by molar-refractivity contribution is 5.96. The Morgan fingerprint density at radius 1 is 0.958 bits per heavy atom. The van der Waals surface area contributed by atoms with E-state index in [0.29, 0.717) is 5.56 Å². The molecule has 2 amide bonds. The number of carbonyl (C=O) groups is 3. The van der Waals surface area contributed by atoms with Crippen LogP contribution >= 0.6 is 0 Å². The smallest absolute Gasteiger partial charge is 0.339 e. The molecule has 1 atom stereocenters. The number of benzene rings is 2. The zero-order valence-corrected chi connectivity index (χ0v) is 12.9. The van der Waals surface area contributed by atoms with Crippen LogP contribution in [0.2, 0.25) is 0 Å². The van der Waals surface area contributed by atoms with E-state index in [1.165, 1.54) is 31.2 Å². The Balaban J connectivity index is 1.86. The Kier molecular flexibility index (Phi) is 5.51. The van der Waals surface area contributed by atoms with Gasteiger partial charge in [-0.1, -0.05) is 24.3 Å². The van der Waals surface area contributed by atoms with Gasteiger partial charge in [0.2, 0.25) is 0 Å². The van der Waals surface area contributed by atoms with Crippen LogP contribution in [0.25, 0.3) is 0 Å². The van der Waals surface area contributed by atoms with Crippen molar-refractivity contribution in [1.82, 2.24) is 10.9 Å². The number of rotatable bonds is 4. The molecule has 0 aliphatic heterocycles. The summed E-state index contributed by atoms with van der Waals surface area (Å²) in [5, 5.41) is 9.32. The molecule has 7 heteroatoms. The first-order valence-corrected chi connectivity index (χ1v) is 7.12. The number of carbonyl (C=O) groups excluding carboxylic acids is 3. The monoisotopic (exact) mass is 328 g/mol. The van der Waals surface area contributed by atoms with Gasteiger partial charge in [0.25, 0.3) is 11.8 Å². The van der Waals surface area contributed by atoms with Crippen molar-refractivity contribution in [2.45, 2.75) is 13.0 Å². The molecule has 2 aromatic rings. The molecule has 2 rings (SSSR count). The number of hydrogen-bond acceptors (Lipinski definition) is 5. The summed E-state index contributed by atoms with van der Waals surface area (Å²) >= 11 is 0. The van der Waals surface area contributed by atoms with Gasteiger partial charge in [-0.25, -0.2) is 4.79 Å². The van der Waals surface area contributed by atoms with Crippen molar-refractivity contribution < 1.29 is 24.2 Å². The summed E-state index contributed by atoms with van der Waals surface area (Å²) in [6, 6.07) is 13.9. The Morgan fingerprint density at radius 2 is 1.62 bits per heavy atom. The molecular formula is C17H16N2O5. The Morgan fingerprint density at radius 3 is 2.29 bits per heavy atom. The normalized spacial score (nSPS) is 11.2. The van der Waals surface area contributed by atoms with Crippen molar-refractivity contribution in [2.75, 3.05) is 0 Å². The third-order valence-corrected chi connectivity index (χ3v) is 3.07. The van der Waals surface area contributed by atoms with E-state index in [1.54, 1.807) is 30.3 Å². The maximum Gasteiger partial charge on any atom is 0.339 e. The minimum Gasteiger partial charge on any atom is -0.508 e. The summed E-state index contributed by atoms with van der Waals surface area (Å²) in [7, 11) is 0. The lowest BCUT2D eigenvalue weighted by Gasteiger charge is -2.14. The predicted molar refractivity (Wildman–Crippen MR) is 85.0 cm³/mol. The fraction of sp³-hybridized carbons (Fsp3) is 0.118. The van der Waals surface area contributed by atoms with Crippen LogP contribution < -0.4 is 10.9 Å². The van der Waals surface area contributed by atoms with Gasteiger partial charge in [0, 0.05) is 5.56 Å². The topological polar surface area (TPSA) is 105 Å². The van der Waals surface area contributed by atoms with Gasteiger partial charge in [0.1, 0.15) is 5.75 Å². The third kappa shape index (κ3) is 4.57. The average Bonchev–Trinajstić information content (AvgIpc) is 2.60. The molecule has 7 nitrogen and oxygen atoms in total. The fourth-order valence-electron chi connectivity index (χ4n) is 1.80. The Labute approximate surface area is 138 Å². The number of nitrogens with one attached hydrogen (secondary N) is 2. The van der Waals surface area contributed by atoms with Gasteiger partial charge in [-0.05, 0) is 37.3 Å².